The molecule has 2 aliphatic heterocycles. The second kappa shape index (κ2) is 6.34. The molecule has 1 aromatic heterocycles. The van der Waals surface area contributed by atoms with Gasteiger partial charge >= 0.3 is 6.18 Å². The number of sulfone groups is 1. The van der Waals surface area contributed by atoms with Crippen LogP contribution in [0.4, 0.5) is 13.2 Å². The largest absolute Gasteiger partial charge is 0.460 e. The van der Waals surface area contributed by atoms with E-state index in [1.807, 2.05) is 0 Å². The van der Waals surface area contributed by atoms with Crippen LogP contribution in [-0.4, -0.2) is 15.0 Å². The molecule has 1 aliphatic carbocycles. The highest BCUT2D eigenvalue weighted by Gasteiger charge is 2.36. The first-order chi connectivity index (χ1) is 13.7. The van der Waals surface area contributed by atoms with Crippen molar-refractivity contribution in [3.8, 4) is 0 Å². The number of hydrogen-bond donors (Lipinski definition) is 1. The lowest BCUT2D eigenvalue weighted by Gasteiger charge is -2.24. The van der Waals surface area contributed by atoms with Gasteiger partial charge in [-0.3, -0.25) is 0 Å². The first-order valence-electron chi connectivity index (χ1n) is 9.47. The van der Waals surface area contributed by atoms with Crippen LogP contribution in [0, 0.1) is 0 Å². The van der Waals surface area contributed by atoms with Crippen LogP contribution in [0.3, 0.4) is 0 Å². The molecule has 0 saturated carbocycles. The predicted molar refractivity (Wildman–Crippen MR) is 100 cm³/mol. The Morgan fingerprint density at radius 3 is 2.62 bits per heavy atom. The average Bonchev–Trinajstić information content (AvgIpc) is 2.82. The molecule has 6 rings (SSSR count). The maximum absolute atomic E-state index is 13.1. The van der Waals surface area contributed by atoms with Gasteiger partial charge in [-0.2, -0.15) is 13.2 Å². The van der Waals surface area contributed by atoms with Gasteiger partial charge in [0.1, 0.15) is 11.3 Å². The highest BCUT2D eigenvalue weighted by atomic mass is 32.2. The van der Waals surface area contributed by atoms with Crippen molar-refractivity contribution in [2.75, 3.05) is 6.54 Å². The standard InChI is InChI=1S/C21H18F3NO3S/c22-21(23,24)13-4-2-5-14(9-13)29(26,27)15-7-8-18-16(10-15)19-17-6-1-3-12(11-25-17)20(19)28-18/h2,4-5,7-10,12,17,25H,1,3,6,11H2. The Balaban J connectivity index is 1.65. The topological polar surface area (TPSA) is 59.3 Å². The van der Waals surface area contributed by atoms with Gasteiger partial charge < -0.3 is 9.73 Å². The smallest absolute Gasteiger partial charge is 0.416 e. The van der Waals surface area contributed by atoms with Crippen molar-refractivity contribution in [3.63, 3.8) is 0 Å². The lowest BCUT2D eigenvalue weighted by molar-refractivity contribution is -0.137. The van der Waals surface area contributed by atoms with Crippen molar-refractivity contribution in [3.05, 3.63) is 59.4 Å². The number of hydrogen-bond acceptors (Lipinski definition) is 4. The summed E-state index contributed by atoms with van der Waals surface area (Å²) in [5, 5.41) is 4.21. The molecule has 1 saturated heterocycles. The molecule has 0 spiro atoms. The Bertz CT molecular complexity index is 1210. The molecule has 3 aromatic rings. The van der Waals surface area contributed by atoms with E-state index in [2.05, 4.69) is 5.32 Å². The Morgan fingerprint density at radius 2 is 1.83 bits per heavy atom. The van der Waals surface area contributed by atoms with Crippen LogP contribution in [0.15, 0.2) is 56.7 Å². The molecule has 8 heteroatoms. The van der Waals surface area contributed by atoms with E-state index >= 15 is 0 Å². The van der Waals surface area contributed by atoms with Crippen LogP contribution in [-0.2, 0) is 16.0 Å². The van der Waals surface area contributed by atoms with Crippen molar-refractivity contribution >= 4 is 20.8 Å². The van der Waals surface area contributed by atoms with E-state index in [9.17, 15) is 21.6 Å². The molecule has 29 heavy (non-hydrogen) atoms. The van der Waals surface area contributed by atoms with Crippen molar-refractivity contribution in [1.82, 2.24) is 5.32 Å². The zero-order valence-corrected chi connectivity index (χ0v) is 16.1. The van der Waals surface area contributed by atoms with Gasteiger partial charge in [0.05, 0.1) is 15.4 Å². The Morgan fingerprint density at radius 1 is 1.03 bits per heavy atom. The van der Waals surface area contributed by atoms with Crippen LogP contribution in [0.25, 0.3) is 11.0 Å². The van der Waals surface area contributed by atoms with E-state index in [-0.39, 0.29) is 21.8 Å². The van der Waals surface area contributed by atoms with Crippen molar-refractivity contribution < 1.29 is 26.0 Å². The monoisotopic (exact) mass is 421 g/mol. The molecular formula is C21H18F3NO3S. The number of furan rings is 1. The first kappa shape index (κ1) is 18.7. The van der Waals surface area contributed by atoms with Crippen molar-refractivity contribution in [2.24, 2.45) is 0 Å². The molecule has 0 amide bonds. The van der Waals surface area contributed by atoms with Crippen LogP contribution >= 0.6 is 0 Å². The van der Waals surface area contributed by atoms with Gasteiger partial charge in [-0.1, -0.05) is 12.5 Å². The number of alkyl halides is 3. The summed E-state index contributed by atoms with van der Waals surface area (Å²) in [7, 11) is -4.10. The van der Waals surface area contributed by atoms with E-state index in [4.69, 9.17) is 4.42 Å². The molecule has 1 fully saturated rings. The van der Waals surface area contributed by atoms with Gasteiger partial charge in [-0.15, -0.1) is 0 Å². The lowest BCUT2D eigenvalue weighted by atomic mass is 9.93. The molecule has 3 heterocycles. The van der Waals surface area contributed by atoms with Crippen LogP contribution < -0.4 is 5.32 Å². The van der Waals surface area contributed by atoms with Gasteiger partial charge in [-0.05, 0) is 49.2 Å². The summed E-state index contributed by atoms with van der Waals surface area (Å²) in [6.45, 7) is 0.840. The molecule has 2 aromatic carbocycles. The molecule has 0 radical (unpaired) electrons. The fourth-order valence-electron chi connectivity index (χ4n) is 4.45. The summed E-state index contributed by atoms with van der Waals surface area (Å²) in [6.07, 6.45) is -1.58. The van der Waals surface area contributed by atoms with Gasteiger partial charge in [0.25, 0.3) is 0 Å². The minimum absolute atomic E-state index is 0.0342. The van der Waals surface area contributed by atoms with Crippen LogP contribution in [0.2, 0.25) is 0 Å². The number of halogens is 3. The van der Waals surface area contributed by atoms with E-state index in [0.29, 0.717) is 11.6 Å². The third-order valence-electron chi connectivity index (χ3n) is 5.88. The number of benzene rings is 2. The Kier molecular flexibility index (Phi) is 4.08. The van der Waals surface area contributed by atoms with Gasteiger partial charge in [0, 0.05) is 29.5 Å². The lowest BCUT2D eigenvalue weighted by Crippen LogP contribution is -2.29. The molecule has 2 bridgehead atoms. The van der Waals surface area contributed by atoms with Crippen molar-refractivity contribution in [2.45, 2.75) is 47.2 Å². The second-order valence-corrected chi connectivity index (χ2v) is 9.61. The summed E-state index contributed by atoms with van der Waals surface area (Å²) >= 11 is 0. The van der Waals surface area contributed by atoms with Crippen LogP contribution in [0.1, 0.15) is 48.1 Å². The quantitative estimate of drug-likeness (QED) is 0.618. The van der Waals surface area contributed by atoms with E-state index in [1.54, 1.807) is 6.07 Å². The summed E-state index contributed by atoms with van der Waals surface area (Å²) < 4.78 is 71.3. The maximum atomic E-state index is 13.1. The fraction of sp³-hybridized carbons (Fsp3) is 0.333. The molecule has 2 unspecified atom stereocenters. The molecule has 4 nitrogen and oxygen atoms in total. The average molecular weight is 421 g/mol. The van der Waals surface area contributed by atoms with E-state index < -0.39 is 21.6 Å². The third-order valence-corrected chi connectivity index (χ3v) is 7.63. The minimum Gasteiger partial charge on any atom is -0.460 e. The van der Waals surface area contributed by atoms with Crippen molar-refractivity contribution in [1.29, 1.82) is 0 Å². The van der Waals surface area contributed by atoms with Gasteiger partial charge in [-0.25, -0.2) is 8.42 Å². The second-order valence-electron chi connectivity index (χ2n) is 7.66. The minimum atomic E-state index is -4.61. The van der Waals surface area contributed by atoms with Gasteiger partial charge in [0.2, 0.25) is 9.84 Å². The highest BCUT2D eigenvalue weighted by Crippen LogP contribution is 2.45. The number of fused-ring (bicyclic) bond motifs is 4. The molecular weight excluding hydrogens is 403 g/mol. The van der Waals surface area contributed by atoms with E-state index in [1.165, 1.54) is 18.2 Å². The van der Waals surface area contributed by atoms with Gasteiger partial charge in [0.15, 0.2) is 0 Å². The van der Waals surface area contributed by atoms with E-state index in [0.717, 1.165) is 54.6 Å². The zero-order valence-electron chi connectivity index (χ0n) is 15.3. The third kappa shape index (κ3) is 2.97. The predicted octanol–water partition coefficient (Wildman–Crippen LogP) is 5.20. The molecule has 3 aliphatic rings. The Labute approximate surface area is 165 Å². The Hall–Kier alpha value is -2.32. The zero-order chi connectivity index (χ0) is 20.4. The fourth-order valence-corrected chi connectivity index (χ4v) is 5.78. The normalized spacial score (nSPS) is 21.9. The molecule has 152 valence electrons. The molecule has 2 atom stereocenters. The SMILES string of the molecule is O=S(=O)(c1cccc(C(F)(F)F)c1)c1ccc2oc3c(c2c1)C1CCCC3CN1. The summed E-state index contributed by atoms with van der Waals surface area (Å²) in [4.78, 5) is -0.408. The highest BCUT2D eigenvalue weighted by molar-refractivity contribution is 7.91. The summed E-state index contributed by atoms with van der Waals surface area (Å²) in [5.74, 6) is 1.18. The number of nitrogens with one attached hydrogen (secondary N) is 1. The summed E-state index contributed by atoms with van der Waals surface area (Å²) in [5.41, 5.74) is 0.617. The van der Waals surface area contributed by atoms with Crippen LogP contribution in [0.5, 0.6) is 0 Å². The number of rotatable bonds is 2. The summed E-state index contributed by atoms with van der Waals surface area (Å²) in [6, 6.07) is 8.49. The molecule has 1 N–H and O–H groups in total. The maximum Gasteiger partial charge on any atom is 0.416 e. The first-order valence-corrected chi connectivity index (χ1v) is 11.0.